The maximum atomic E-state index is 11.4. The highest BCUT2D eigenvalue weighted by Gasteiger charge is 2.05. The number of carbonyl (C=O) groups is 1. The lowest BCUT2D eigenvalue weighted by Crippen LogP contribution is -2.08. The van der Waals surface area contributed by atoms with Gasteiger partial charge in [-0.2, -0.15) is 0 Å². The number of aryl methyl sites for hydroxylation is 1. The summed E-state index contributed by atoms with van der Waals surface area (Å²) in [5, 5.41) is 9.23. The number of nitrogens with two attached hydrogens (primary N) is 1. The normalized spacial score (nSPS) is 10.0. The zero-order chi connectivity index (χ0) is 9.84. The van der Waals surface area contributed by atoms with Crippen molar-refractivity contribution in [2.24, 2.45) is 5.73 Å². The van der Waals surface area contributed by atoms with Gasteiger partial charge in [0.2, 0.25) is 0 Å². The molecular formula is C10H13NO2. The molecule has 3 N–H and O–H groups in total. The van der Waals surface area contributed by atoms with Gasteiger partial charge in [-0.3, -0.25) is 4.79 Å². The lowest BCUT2D eigenvalue weighted by Gasteiger charge is -2.01. The second kappa shape index (κ2) is 4.05. The van der Waals surface area contributed by atoms with Gasteiger partial charge in [-0.15, -0.1) is 0 Å². The SMILES string of the molecule is Cc1cc(O)cc(C(=O)CCN)c1. The van der Waals surface area contributed by atoms with E-state index in [0.29, 0.717) is 18.5 Å². The van der Waals surface area contributed by atoms with Gasteiger partial charge < -0.3 is 10.8 Å². The van der Waals surface area contributed by atoms with Crippen molar-refractivity contribution < 1.29 is 9.90 Å². The summed E-state index contributed by atoms with van der Waals surface area (Å²) in [5.74, 6) is 0.0990. The number of hydrogen-bond donors (Lipinski definition) is 2. The van der Waals surface area contributed by atoms with E-state index < -0.39 is 0 Å². The minimum atomic E-state index is -0.0264. The first-order valence-electron chi connectivity index (χ1n) is 4.17. The Balaban J connectivity index is 2.94. The minimum Gasteiger partial charge on any atom is -0.508 e. The second-order valence-corrected chi connectivity index (χ2v) is 3.02. The molecule has 0 amide bonds. The summed E-state index contributed by atoms with van der Waals surface area (Å²) in [5.41, 5.74) is 6.67. The summed E-state index contributed by atoms with van der Waals surface area (Å²) >= 11 is 0. The third-order valence-corrected chi connectivity index (χ3v) is 1.76. The van der Waals surface area contributed by atoms with Crippen molar-refractivity contribution in [3.8, 4) is 5.75 Å². The standard InChI is InChI=1S/C10H13NO2/c1-7-4-8(6-9(12)5-7)10(13)2-3-11/h4-6,12H,2-3,11H2,1H3. The average molecular weight is 179 g/mol. The fourth-order valence-corrected chi connectivity index (χ4v) is 1.20. The van der Waals surface area contributed by atoms with E-state index in [4.69, 9.17) is 5.73 Å². The molecule has 1 aromatic rings. The van der Waals surface area contributed by atoms with Gasteiger partial charge >= 0.3 is 0 Å². The largest absolute Gasteiger partial charge is 0.508 e. The van der Waals surface area contributed by atoms with Crippen LogP contribution in [0, 0.1) is 6.92 Å². The number of carbonyl (C=O) groups excluding carboxylic acids is 1. The van der Waals surface area contributed by atoms with E-state index in [1.54, 1.807) is 12.1 Å². The maximum Gasteiger partial charge on any atom is 0.164 e. The number of Topliss-reactive ketones (excluding diaryl/α,β-unsaturated/α-hetero) is 1. The van der Waals surface area contributed by atoms with Crippen molar-refractivity contribution in [2.45, 2.75) is 13.3 Å². The third-order valence-electron chi connectivity index (χ3n) is 1.76. The molecule has 3 heteroatoms. The number of benzene rings is 1. The van der Waals surface area contributed by atoms with E-state index in [1.807, 2.05) is 6.92 Å². The highest BCUT2D eigenvalue weighted by atomic mass is 16.3. The van der Waals surface area contributed by atoms with Crippen LogP contribution >= 0.6 is 0 Å². The Kier molecular flexibility index (Phi) is 3.03. The lowest BCUT2D eigenvalue weighted by atomic mass is 10.1. The van der Waals surface area contributed by atoms with Crippen LogP contribution in [0.3, 0.4) is 0 Å². The summed E-state index contributed by atoms with van der Waals surface area (Å²) < 4.78 is 0. The molecule has 3 nitrogen and oxygen atoms in total. The van der Waals surface area contributed by atoms with Crippen molar-refractivity contribution in [3.05, 3.63) is 29.3 Å². The molecule has 0 fully saturated rings. The molecule has 0 aliphatic heterocycles. The van der Waals surface area contributed by atoms with Crippen LogP contribution in [0.25, 0.3) is 0 Å². The first kappa shape index (κ1) is 9.74. The molecule has 0 radical (unpaired) electrons. The van der Waals surface area contributed by atoms with Gasteiger partial charge in [0, 0.05) is 12.0 Å². The maximum absolute atomic E-state index is 11.4. The number of phenols is 1. The smallest absolute Gasteiger partial charge is 0.164 e. The van der Waals surface area contributed by atoms with Crippen LogP contribution in [0.1, 0.15) is 22.3 Å². The molecule has 0 saturated carbocycles. The molecule has 0 atom stereocenters. The Labute approximate surface area is 77.2 Å². The van der Waals surface area contributed by atoms with Crippen molar-refractivity contribution >= 4 is 5.78 Å². The molecule has 0 aliphatic rings. The third kappa shape index (κ3) is 2.56. The molecule has 0 aliphatic carbocycles. The molecule has 1 rings (SSSR count). The summed E-state index contributed by atoms with van der Waals surface area (Å²) in [6.07, 6.45) is 0.322. The molecule has 0 aromatic heterocycles. The topological polar surface area (TPSA) is 63.3 Å². The van der Waals surface area contributed by atoms with Gasteiger partial charge in [-0.05, 0) is 37.2 Å². The van der Waals surface area contributed by atoms with Crippen molar-refractivity contribution in [1.29, 1.82) is 0 Å². The number of rotatable bonds is 3. The number of hydrogen-bond acceptors (Lipinski definition) is 3. The van der Waals surface area contributed by atoms with Crippen molar-refractivity contribution in [1.82, 2.24) is 0 Å². The van der Waals surface area contributed by atoms with Crippen LogP contribution in [0.2, 0.25) is 0 Å². The molecule has 0 heterocycles. The van der Waals surface area contributed by atoms with Crippen molar-refractivity contribution in [2.75, 3.05) is 6.54 Å². The van der Waals surface area contributed by atoms with Gasteiger partial charge in [-0.25, -0.2) is 0 Å². The van der Waals surface area contributed by atoms with Crippen LogP contribution in [0.4, 0.5) is 0 Å². The molecule has 13 heavy (non-hydrogen) atoms. The molecule has 1 aromatic carbocycles. The first-order chi connectivity index (χ1) is 6.13. The van der Waals surface area contributed by atoms with E-state index in [9.17, 15) is 9.90 Å². The fourth-order valence-electron chi connectivity index (χ4n) is 1.20. The van der Waals surface area contributed by atoms with Gasteiger partial charge in [-0.1, -0.05) is 0 Å². The Morgan fingerprint density at radius 2 is 2.15 bits per heavy atom. The summed E-state index contributed by atoms with van der Waals surface area (Å²) in [6.45, 7) is 2.17. The van der Waals surface area contributed by atoms with Gasteiger partial charge in [0.1, 0.15) is 5.75 Å². The Morgan fingerprint density at radius 3 is 2.69 bits per heavy atom. The van der Waals surface area contributed by atoms with Crippen LogP contribution in [0.5, 0.6) is 5.75 Å². The predicted octanol–water partition coefficient (Wildman–Crippen LogP) is 1.23. The van der Waals surface area contributed by atoms with Crippen LogP contribution in [0.15, 0.2) is 18.2 Å². The molecule has 0 spiro atoms. The van der Waals surface area contributed by atoms with Crippen LogP contribution in [-0.4, -0.2) is 17.4 Å². The predicted molar refractivity (Wildman–Crippen MR) is 50.8 cm³/mol. The summed E-state index contributed by atoms with van der Waals surface area (Å²) in [6, 6.07) is 4.82. The zero-order valence-corrected chi connectivity index (χ0v) is 7.58. The Morgan fingerprint density at radius 1 is 1.46 bits per heavy atom. The number of ketones is 1. The molecule has 0 bridgehead atoms. The average Bonchev–Trinajstić information content (AvgIpc) is 2.03. The van der Waals surface area contributed by atoms with E-state index >= 15 is 0 Å². The minimum absolute atomic E-state index is 0.0264. The van der Waals surface area contributed by atoms with Crippen LogP contribution < -0.4 is 5.73 Å². The monoisotopic (exact) mass is 179 g/mol. The van der Waals surface area contributed by atoms with Gasteiger partial charge in [0.05, 0.1) is 0 Å². The van der Waals surface area contributed by atoms with Gasteiger partial charge in [0.15, 0.2) is 5.78 Å². The van der Waals surface area contributed by atoms with Crippen LogP contribution in [-0.2, 0) is 0 Å². The Hall–Kier alpha value is -1.35. The molecule has 70 valence electrons. The van der Waals surface area contributed by atoms with Gasteiger partial charge in [0.25, 0.3) is 0 Å². The number of phenolic OH excluding ortho intramolecular Hbond substituents is 1. The van der Waals surface area contributed by atoms with E-state index in [1.165, 1.54) is 6.07 Å². The molecule has 0 saturated heterocycles. The fraction of sp³-hybridized carbons (Fsp3) is 0.300. The highest BCUT2D eigenvalue weighted by Crippen LogP contribution is 2.15. The Bertz CT molecular complexity index is 300. The highest BCUT2D eigenvalue weighted by molar-refractivity contribution is 5.96. The number of aromatic hydroxyl groups is 1. The summed E-state index contributed by atoms with van der Waals surface area (Å²) in [4.78, 5) is 11.4. The van der Waals surface area contributed by atoms with E-state index in [0.717, 1.165) is 5.56 Å². The first-order valence-corrected chi connectivity index (χ1v) is 4.17. The quantitative estimate of drug-likeness (QED) is 0.686. The summed E-state index contributed by atoms with van der Waals surface area (Å²) in [7, 11) is 0. The zero-order valence-electron chi connectivity index (χ0n) is 7.58. The van der Waals surface area contributed by atoms with Crippen molar-refractivity contribution in [3.63, 3.8) is 0 Å². The second-order valence-electron chi connectivity index (χ2n) is 3.02. The van der Waals surface area contributed by atoms with E-state index in [2.05, 4.69) is 0 Å². The lowest BCUT2D eigenvalue weighted by molar-refractivity contribution is 0.0985. The molecule has 0 unspecified atom stereocenters. The van der Waals surface area contributed by atoms with E-state index in [-0.39, 0.29) is 11.5 Å². The molecular weight excluding hydrogens is 166 g/mol.